The van der Waals surface area contributed by atoms with Crippen LogP contribution in [0.5, 0.6) is 5.75 Å². The lowest BCUT2D eigenvalue weighted by molar-refractivity contribution is -0.120. The highest BCUT2D eigenvalue weighted by Crippen LogP contribution is 2.27. The Morgan fingerprint density at radius 3 is 2.29 bits per heavy atom. The minimum atomic E-state index is -0.238. The third-order valence-electron chi connectivity index (χ3n) is 4.13. The lowest BCUT2D eigenvalue weighted by atomic mass is 10.2. The summed E-state index contributed by atoms with van der Waals surface area (Å²) in [6, 6.07) is 12.6. The van der Waals surface area contributed by atoms with E-state index in [1.165, 1.54) is 7.11 Å². The summed E-state index contributed by atoms with van der Waals surface area (Å²) in [5.74, 6) is 0.130. The molecule has 0 saturated carbocycles. The topological polar surface area (TPSA) is 70.7 Å². The van der Waals surface area contributed by atoms with E-state index in [0.717, 1.165) is 17.7 Å². The molecule has 0 aliphatic rings. The molecule has 0 aromatic heterocycles. The number of carbonyl (C=O) groups excluding carboxylic acids is 2. The summed E-state index contributed by atoms with van der Waals surface area (Å²) in [4.78, 5) is 26.7. The summed E-state index contributed by atoms with van der Waals surface area (Å²) < 4.78 is 5.24. The number of hydrogen-bond donors (Lipinski definition) is 2. The maximum Gasteiger partial charge on any atom is 0.238 e. The quantitative estimate of drug-likeness (QED) is 0.665. The van der Waals surface area contributed by atoms with Gasteiger partial charge in [0.05, 0.1) is 25.9 Å². The molecule has 0 saturated heterocycles. The largest absolute Gasteiger partial charge is 0.495 e. The molecule has 150 valence electrons. The Hall–Kier alpha value is -2.57. The molecule has 0 aliphatic heterocycles. The van der Waals surface area contributed by atoms with Gasteiger partial charge in [-0.05, 0) is 49.7 Å². The average molecular weight is 404 g/mol. The maximum atomic E-state index is 12.5. The van der Waals surface area contributed by atoms with Gasteiger partial charge in [-0.15, -0.1) is 0 Å². The molecular formula is C21H26ClN3O3. The van der Waals surface area contributed by atoms with E-state index in [1.54, 1.807) is 23.1 Å². The SMILES string of the molecule is CCCN(CC(=O)Nc1ccccc1C)CC(=O)Nc1cc(Cl)ccc1OC. The number of nitrogens with one attached hydrogen (secondary N) is 2. The van der Waals surface area contributed by atoms with Crippen LogP contribution in [-0.2, 0) is 9.59 Å². The first kappa shape index (κ1) is 21.7. The normalized spacial score (nSPS) is 10.6. The molecule has 2 rings (SSSR count). The summed E-state index contributed by atoms with van der Waals surface area (Å²) in [6.45, 7) is 4.78. The lowest BCUT2D eigenvalue weighted by Crippen LogP contribution is -2.39. The van der Waals surface area contributed by atoms with Crippen molar-refractivity contribution in [2.45, 2.75) is 20.3 Å². The highest BCUT2D eigenvalue weighted by atomic mass is 35.5. The molecule has 7 heteroatoms. The number of para-hydroxylation sites is 1. The van der Waals surface area contributed by atoms with Gasteiger partial charge in [0, 0.05) is 10.7 Å². The number of benzene rings is 2. The van der Waals surface area contributed by atoms with Gasteiger partial charge in [0.1, 0.15) is 5.75 Å². The van der Waals surface area contributed by atoms with Gasteiger partial charge in [-0.2, -0.15) is 0 Å². The highest BCUT2D eigenvalue weighted by Gasteiger charge is 2.16. The molecule has 28 heavy (non-hydrogen) atoms. The zero-order chi connectivity index (χ0) is 20.5. The molecule has 2 amide bonds. The fraction of sp³-hybridized carbons (Fsp3) is 0.333. The molecule has 2 aromatic carbocycles. The predicted octanol–water partition coefficient (Wildman–Crippen LogP) is 3.95. The number of halogens is 1. The van der Waals surface area contributed by atoms with Gasteiger partial charge >= 0.3 is 0 Å². The van der Waals surface area contributed by atoms with Crippen molar-refractivity contribution < 1.29 is 14.3 Å². The molecule has 6 nitrogen and oxygen atoms in total. The van der Waals surface area contributed by atoms with Crippen LogP contribution in [0.2, 0.25) is 5.02 Å². The van der Waals surface area contributed by atoms with Gasteiger partial charge in [0.25, 0.3) is 0 Å². The van der Waals surface area contributed by atoms with Crippen molar-refractivity contribution in [3.63, 3.8) is 0 Å². The van der Waals surface area contributed by atoms with Gasteiger partial charge < -0.3 is 15.4 Å². The fourth-order valence-electron chi connectivity index (χ4n) is 2.81. The Bertz CT molecular complexity index is 826. The van der Waals surface area contributed by atoms with Crippen molar-refractivity contribution >= 4 is 34.8 Å². The fourth-order valence-corrected chi connectivity index (χ4v) is 2.98. The lowest BCUT2D eigenvalue weighted by Gasteiger charge is -2.21. The molecule has 0 fully saturated rings. The minimum Gasteiger partial charge on any atom is -0.495 e. The van der Waals surface area contributed by atoms with E-state index >= 15 is 0 Å². The van der Waals surface area contributed by atoms with Crippen molar-refractivity contribution in [3.8, 4) is 5.75 Å². The molecule has 0 radical (unpaired) electrons. The smallest absolute Gasteiger partial charge is 0.238 e. The number of methoxy groups -OCH3 is 1. The zero-order valence-corrected chi connectivity index (χ0v) is 17.2. The number of rotatable bonds is 9. The molecule has 0 unspecified atom stereocenters. The van der Waals surface area contributed by atoms with Crippen LogP contribution >= 0.6 is 11.6 Å². The van der Waals surface area contributed by atoms with Gasteiger partial charge in [-0.3, -0.25) is 14.5 Å². The first-order valence-corrected chi connectivity index (χ1v) is 9.52. The molecule has 2 N–H and O–H groups in total. The summed E-state index contributed by atoms with van der Waals surface area (Å²) >= 11 is 6.00. The highest BCUT2D eigenvalue weighted by molar-refractivity contribution is 6.31. The van der Waals surface area contributed by atoms with Crippen LogP contribution in [0.3, 0.4) is 0 Å². The number of amides is 2. The maximum absolute atomic E-state index is 12.5. The second-order valence-electron chi connectivity index (χ2n) is 6.47. The second-order valence-corrected chi connectivity index (χ2v) is 6.90. The standard InChI is InChI=1S/C21H26ClN3O3/c1-4-11-25(13-20(26)23-17-8-6-5-7-15(17)2)14-21(27)24-18-12-16(22)9-10-19(18)28-3/h5-10,12H,4,11,13-14H2,1-3H3,(H,23,26)(H,24,27). The third-order valence-corrected chi connectivity index (χ3v) is 4.36. The third kappa shape index (κ3) is 6.55. The van der Waals surface area contributed by atoms with E-state index in [4.69, 9.17) is 16.3 Å². The Morgan fingerprint density at radius 2 is 1.68 bits per heavy atom. The van der Waals surface area contributed by atoms with E-state index in [9.17, 15) is 9.59 Å². The van der Waals surface area contributed by atoms with E-state index in [2.05, 4.69) is 10.6 Å². The van der Waals surface area contributed by atoms with Crippen molar-refractivity contribution in [1.82, 2.24) is 4.90 Å². The van der Waals surface area contributed by atoms with Crippen molar-refractivity contribution in [2.24, 2.45) is 0 Å². The van der Waals surface area contributed by atoms with Crippen LogP contribution < -0.4 is 15.4 Å². The Kier molecular flexibility index (Phi) is 8.29. The second kappa shape index (κ2) is 10.7. The number of nitrogens with zero attached hydrogens (tertiary/aromatic N) is 1. The number of carbonyl (C=O) groups is 2. The molecular weight excluding hydrogens is 378 g/mol. The first-order valence-electron chi connectivity index (χ1n) is 9.14. The zero-order valence-electron chi connectivity index (χ0n) is 16.4. The van der Waals surface area contributed by atoms with Crippen LogP contribution in [0, 0.1) is 6.92 Å². The van der Waals surface area contributed by atoms with Crippen LogP contribution in [0.15, 0.2) is 42.5 Å². The number of aryl methyl sites for hydroxylation is 1. The molecule has 0 spiro atoms. The summed E-state index contributed by atoms with van der Waals surface area (Å²) in [7, 11) is 1.53. The van der Waals surface area contributed by atoms with Crippen molar-refractivity contribution in [1.29, 1.82) is 0 Å². The van der Waals surface area contributed by atoms with E-state index in [0.29, 0.717) is 23.0 Å². The number of anilines is 2. The van der Waals surface area contributed by atoms with Gasteiger partial charge in [-0.25, -0.2) is 0 Å². The van der Waals surface area contributed by atoms with E-state index in [1.807, 2.05) is 38.1 Å². The Balaban J connectivity index is 1.98. The molecule has 0 aliphatic carbocycles. The average Bonchev–Trinajstić information content (AvgIpc) is 2.64. The number of hydrogen-bond acceptors (Lipinski definition) is 4. The van der Waals surface area contributed by atoms with Gasteiger partial charge in [0.2, 0.25) is 11.8 Å². The summed E-state index contributed by atoms with van der Waals surface area (Å²) in [6.07, 6.45) is 0.825. The molecule has 0 atom stereocenters. The van der Waals surface area contributed by atoms with Crippen molar-refractivity contribution in [3.05, 3.63) is 53.1 Å². The Morgan fingerprint density at radius 1 is 1.04 bits per heavy atom. The monoisotopic (exact) mass is 403 g/mol. The van der Waals surface area contributed by atoms with Crippen LogP contribution in [0.4, 0.5) is 11.4 Å². The van der Waals surface area contributed by atoms with Crippen LogP contribution in [-0.4, -0.2) is 43.5 Å². The predicted molar refractivity (Wildman–Crippen MR) is 113 cm³/mol. The molecule has 0 heterocycles. The first-order chi connectivity index (χ1) is 13.4. The van der Waals surface area contributed by atoms with E-state index in [-0.39, 0.29) is 24.9 Å². The van der Waals surface area contributed by atoms with Crippen molar-refractivity contribution in [2.75, 3.05) is 37.4 Å². The molecule has 0 bridgehead atoms. The molecule has 2 aromatic rings. The van der Waals surface area contributed by atoms with Crippen LogP contribution in [0.25, 0.3) is 0 Å². The van der Waals surface area contributed by atoms with Crippen LogP contribution in [0.1, 0.15) is 18.9 Å². The minimum absolute atomic E-state index is 0.0880. The Labute approximate surface area is 170 Å². The van der Waals surface area contributed by atoms with E-state index < -0.39 is 0 Å². The summed E-state index contributed by atoms with van der Waals surface area (Å²) in [5.41, 5.74) is 2.27. The summed E-state index contributed by atoms with van der Waals surface area (Å²) in [5, 5.41) is 6.20. The van der Waals surface area contributed by atoms with Gasteiger partial charge in [-0.1, -0.05) is 36.7 Å². The number of ether oxygens (including phenoxy) is 1. The van der Waals surface area contributed by atoms with Gasteiger partial charge in [0.15, 0.2) is 0 Å².